The van der Waals surface area contributed by atoms with Crippen LogP contribution in [0.15, 0.2) is 60.7 Å². The quantitative estimate of drug-likeness (QED) is 0.0928. The molecule has 4 aromatic rings. The fraction of sp³-hybridized carbons (Fsp3) is 0.615. The molecule has 2 saturated heterocycles. The summed E-state index contributed by atoms with van der Waals surface area (Å²) < 4.78 is 41.6. The predicted molar refractivity (Wildman–Crippen MR) is 367 cm³/mol. The number of aliphatic carboxylic acids is 1. The van der Waals surface area contributed by atoms with Crippen molar-refractivity contribution in [1.82, 2.24) is 19.8 Å². The van der Waals surface area contributed by atoms with Crippen molar-refractivity contribution in [3.63, 3.8) is 0 Å². The number of hydrogen-bond acceptors (Lipinski definition) is 17. The van der Waals surface area contributed by atoms with Gasteiger partial charge in [0.1, 0.15) is 45.4 Å². The van der Waals surface area contributed by atoms with E-state index in [-0.39, 0.29) is 93.0 Å². The smallest absolute Gasteiger partial charge is 0.313 e. The average molecular weight is 1350 g/mol. The van der Waals surface area contributed by atoms with Gasteiger partial charge in [0.2, 0.25) is 11.8 Å². The molecule has 6 aliphatic heterocycles. The van der Waals surface area contributed by atoms with Crippen molar-refractivity contribution < 1.29 is 76.6 Å². The molecule has 2 aromatic heterocycles. The zero-order valence-corrected chi connectivity index (χ0v) is 59.3. The standard InChI is InChI=1S/C40H52N2O8.C38H48N2O8/c1-7-48-37(46)40-21-27(40)14-12-10-8-9-11-13-26(19-34(44)49-38(3,4)5)36(45)42-24-39(22-32(42)33(43)23-40)18-17-29-30-20-28(47-6)15-16-31(30)41-25(2)35(29)50-39;1-23-33-27(28-18-26(46-5)13-14-29(28)39-23)15-16-37(48-33)20-30-31(41)21-38(35(44)45)19-25(38)12-10-8-6-7-9-11-24(34(43)40(30)22-37)17-32(42)47-36(2,3)4/h12,14-16,20,26-27,32H,7-11,13,17-19,21-24H2,1-6H3;10,12-14,18,24-25,30H,6-9,11,15-17,19-22H2,1-5H3,(H,44,45)/b14-12-;12-10-/t26-,27-,32+,39-,40-;24-,25-,30+,37-,38-/m11/s1. The maximum atomic E-state index is 14.7. The molecule has 8 aliphatic rings. The van der Waals surface area contributed by atoms with E-state index < -0.39 is 75.1 Å². The lowest BCUT2D eigenvalue weighted by Gasteiger charge is -2.36. The number of fused-ring (bicyclic) bond motifs is 10. The molecule has 1 N–H and O–H groups in total. The summed E-state index contributed by atoms with van der Waals surface area (Å²) in [4.78, 5) is 123. The Balaban J connectivity index is 0.000000199. The number of nitrogens with zero attached hydrogens (tertiary/aromatic N) is 4. The summed E-state index contributed by atoms with van der Waals surface area (Å²) in [6, 6.07) is 9.91. The van der Waals surface area contributed by atoms with Gasteiger partial charge in [-0.3, -0.25) is 38.4 Å². The first-order valence-corrected chi connectivity index (χ1v) is 35.7. The molecule has 8 heterocycles. The van der Waals surface area contributed by atoms with Gasteiger partial charge in [0, 0.05) is 59.4 Å². The van der Waals surface area contributed by atoms with Crippen LogP contribution in [0.1, 0.15) is 199 Å². The number of aromatic nitrogens is 2. The number of benzene rings is 2. The van der Waals surface area contributed by atoms with Gasteiger partial charge in [0.25, 0.3) is 0 Å². The molecule has 2 spiro atoms. The molecule has 10 atom stereocenters. The number of ether oxygens (including phenoxy) is 7. The minimum atomic E-state index is -1.16. The SMILES string of the molecule is CCOC(=O)[C@]12CC(=O)[C@@H]3C[C@]4(CCc5c(c(C)nc6ccc(OC)cc56)O4)CN3C(=O)[C@@H](CC(=O)OC(C)(C)C)CCCCC/C=C\[C@@H]1C2.COc1ccc2nc(C)c3c(c2c1)CC[C@]1(C[C@H]2C(=O)C[C@]4(C(=O)O)C[C@H]4/C=C\CCCCC[C@H](CC(=O)OC(C)(C)C)C(=O)N2C1)O3. The van der Waals surface area contributed by atoms with Crippen LogP contribution in [-0.4, -0.2) is 141 Å². The van der Waals surface area contributed by atoms with Gasteiger partial charge in [-0.2, -0.15) is 0 Å². The van der Waals surface area contributed by atoms with Crippen LogP contribution in [0.2, 0.25) is 0 Å². The number of esters is 3. The summed E-state index contributed by atoms with van der Waals surface area (Å²) >= 11 is 0. The van der Waals surface area contributed by atoms with E-state index in [0.717, 1.165) is 107 Å². The summed E-state index contributed by atoms with van der Waals surface area (Å²) in [5, 5.41) is 12.2. The van der Waals surface area contributed by atoms with Crippen LogP contribution in [0, 0.1) is 48.3 Å². The van der Waals surface area contributed by atoms with Crippen molar-refractivity contribution >= 4 is 69.1 Å². The number of carbonyl (C=O) groups is 8. The van der Waals surface area contributed by atoms with E-state index in [4.69, 9.17) is 43.1 Å². The van der Waals surface area contributed by atoms with E-state index in [1.807, 2.05) is 83.2 Å². The number of carboxylic acids is 1. The Labute approximate surface area is 575 Å². The minimum Gasteiger partial charge on any atom is -0.497 e. The summed E-state index contributed by atoms with van der Waals surface area (Å²) in [7, 11) is 3.26. The predicted octanol–water partition coefficient (Wildman–Crippen LogP) is 12.7. The van der Waals surface area contributed by atoms with Gasteiger partial charge in [-0.15, -0.1) is 0 Å². The average Bonchev–Trinajstić information content (AvgIpc) is 1.58. The number of amides is 2. The van der Waals surface area contributed by atoms with Crippen molar-refractivity contribution in [2.75, 3.05) is 33.9 Å². The fourth-order valence-electron chi connectivity index (χ4n) is 16.3. The molecule has 0 radical (unpaired) electrons. The van der Waals surface area contributed by atoms with Crippen molar-refractivity contribution in [1.29, 1.82) is 0 Å². The first kappa shape index (κ1) is 71.4. The van der Waals surface area contributed by atoms with E-state index in [2.05, 4.69) is 12.2 Å². The number of carboxylic acid groups (broad SMARTS) is 1. The molecular weight excluding hydrogens is 1250 g/mol. The zero-order valence-electron chi connectivity index (χ0n) is 59.3. The van der Waals surface area contributed by atoms with Crippen LogP contribution in [0.25, 0.3) is 21.8 Å². The fourth-order valence-corrected chi connectivity index (χ4v) is 16.3. The molecule has 20 heteroatoms. The topological polar surface area (TPSA) is 254 Å². The number of allylic oxidation sites excluding steroid dienone is 4. The molecule has 12 rings (SSSR count). The molecule has 0 bridgehead atoms. The van der Waals surface area contributed by atoms with Crippen LogP contribution in [-0.2, 0) is 65.4 Å². The summed E-state index contributed by atoms with van der Waals surface area (Å²) in [6.07, 6.45) is 19.6. The number of pyridine rings is 2. The third-order valence-electron chi connectivity index (χ3n) is 21.6. The van der Waals surface area contributed by atoms with Crippen LogP contribution in [0.4, 0.5) is 0 Å². The van der Waals surface area contributed by atoms with Gasteiger partial charge in [-0.05, 0) is 188 Å². The van der Waals surface area contributed by atoms with Gasteiger partial charge < -0.3 is 48.1 Å². The van der Waals surface area contributed by atoms with Gasteiger partial charge >= 0.3 is 23.9 Å². The number of hydrogen-bond donors (Lipinski definition) is 1. The third kappa shape index (κ3) is 15.3. The van der Waals surface area contributed by atoms with Crippen LogP contribution in [0.3, 0.4) is 0 Å². The van der Waals surface area contributed by atoms with Crippen LogP contribution < -0.4 is 18.9 Å². The van der Waals surface area contributed by atoms with Crippen molar-refractivity contribution in [3.8, 4) is 23.0 Å². The maximum Gasteiger partial charge on any atom is 0.313 e. The Morgan fingerprint density at radius 3 is 1.45 bits per heavy atom. The highest BCUT2D eigenvalue weighted by atomic mass is 16.6. The van der Waals surface area contributed by atoms with Crippen molar-refractivity contribution in [2.24, 2.45) is 34.5 Å². The number of methoxy groups -OCH3 is 2. The molecule has 2 saturated carbocycles. The lowest BCUT2D eigenvalue weighted by molar-refractivity contribution is -0.159. The Hall–Kier alpha value is -7.90. The Morgan fingerprint density at radius 1 is 0.602 bits per heavy atom. The van der Waals surface area contributed by atoms with Crippen LogP contribution >= 0.6 is 0 Å². The van der Waals surface area contributed by atoms with E-state index >= 15 is 0 Å². The first-order valence-electron chi connectivity index (χ1n) is 35.7. The van der Waals surface area contributed by atoms with Crippen molar-refractivity contribution in [2.45, 2.75) is 238 Å². The largest absolute Gasteiger partial charge is 0.497 e. The second kappa shape index (κ2) is 28.4. The second-order valence-corrected chi connectivity index (χ2v) is 31.1. The lowest BCUT2D eigenvalue weighted by Crippen LogP contribution is -2.47. The highest BCUT2D eigenvalue weighted by Gasteiger charge is 2.64. The highest BCUT2D eigenvalue weighted by Crippen LogP contribution is 2.59. The first-order chi connectivity index (χ1) is 46.5. The summed E-state index contributed by atoms with van der Waals surface area (Å²) in [5.74, 6) is -1.95. The molecule has 0 unspecified atom stereocenters. The van der Waals surface area contributed by atoms with E-state index in [1.54, 1.807) is 51.7 Å². The highest BCUT2D eigenvalue weighted by molar-refractivity contribution is 5.98. The van der Waals surface area contributed by atoms with Crippen molar-refractivity contribution in [3.05, 3.63) is 83.2 Å². The number of ketones is 2. The molecular formula is C78H100N4O16. The van der Waals surface area contributed by atoms with Gasteiger partial charge in [0.15, 0.2) is 11.6 Å². The summed E-state index contributed by atoms with van der Waals surface area (Å²) in [6.45, 7) is 17.1. The molecule has 528 valence electrons. The Kier molecular flexibility index (Phi) is 20.7. The summed E-state index contributed by atoms with van der Waals surface area (Å²) in [5.41, 5.74) is 0.0648. The molecule has 2 amide bonds. The minimum absolute atomic E-state index is 0.0102. The normalized spacial score (nSPS) is 29.5. The second-order valence-electron chi connectivity index (χ2n) is 31.1. The number of Topliss-reactive ketones (excluding diaryl/α,β-unsaturated/α-hetero) is 2. The number of rotatable bonds is 9. The maximum absolute atomic E-state index is 14.7. The molecule has 98 heavy (non-hydrogen) atoms. The lowest BCUT2D eigenvalue weighted by atomic mass is 9.85. The molecule has 2 aliphatic carbocycles. The van der Waals surface area contributed by atoms with Crippen LogP contribution in [0.5, 0.6) is 23.0 Å². The zero-order chi connectivity index (χ0) is 70.3. The van der Waals surface area contributed by atoms with E-state index in [0.29, 0.717) is 69.3 Å². The Morgan fingerprint density at radius 2 is 1.03 bits per heavy atom. The number of carbonyl (C=O) groups excluding carboxylic acids is 7. The molecule has 2 aromatic carbocycles. The third-order valence-corrected chi connectivity index (χ3v) is 21.6. The monoisotopic (exact) mass is 1350 g/mol. The number of aryl methyl sites for hydroxylation is 4. The molecule has 20 nitrogen and oxygen atoms in total. The Bertz CT molecular complexity index is 3840. The van der Waals surface area contributed by atoms with E-state index in [9.17, 15) is 43.5 Å². The van der Waals surface area contributed by atoms with Gasteiger partial charge in [-0.25, -0.2) is 9.97 Å². The van der Waals surface area contributed by atoms with Gasteiger partial charge in [0.05, 0.1) is 92.1 Å². The molecule has 4 fully saturated rings. The van der Waals surface area contributed by atoms with Gasteiger partial charge in [-0.1, -0.05) is 50.0 Å². The van der Waals surface area contributed by atoms with E-state index in [1.165, 1.54) is 0 Å².